The molecule has 4 heteroatoms. The number of benzene rings is 1. The van der Waals surface area contributed by atoms with Crippen LogP contribution in [0.25, 0.3) is 10.1 Å². The molecule has 0 spiro atoms. The molecule has 2 aromatic rings. The van der Waals surface area contributed by atoms with Gasteiger partial charge in [-0.1, -0.05) is 26.0 Å². The topological polar surface area (TPSA) is 32.7 Å². The van der Waals surface area contributed by atoms with Gasteiger partial charge in [0.2, 0.25) is 0 Å². The largest absolute Gasteiger partial charge is 0.390 e. The van der Waals surface area contributed by atoms with Crippen molar-refractivity contribution in [1.82, 2.24) is 4.90 Å². The van der Waals surface area contributed by atoms with Crippen LogP contribution in [-0.4, -0.2) is 49.0 Å². The number of rotatable bonds is 7. The zero-order valence-corrected chi connectivity index (χ0v) is 14.4. The monoisotopic (exact) mass is 321 g/mol. The van der Waals surface area contributed by atoms with E-state index in [9.17, 15) is 5.11 Å². The Morgan fingerprint density at radius 2 is 2.05 bits per heavy atom. The van der Waals surface area contributed by atoms with Crippen molar-refractivity contribution in [1.29, 1.82) is 0 Å². The second-order valence-corrected chi connectivity index (χ2v) is 6.37. The molecule has 1 aliphatic heterocycles. The van der Waals surface area contributed by atoms with E-state index in [4.69, 9.17) is 4.74 Å². The van der Waals surface area contributed by atoms with Crippen LogP contribution in [0.4, 0.5) is 0 Å². The summed E-state index contributed by atoms with van der Waals surface area (Å²) < 4.78 is 7.04. The summed E-state index contributed by atoms with van der Waals surface area (Å²) in [7, 11) is 0. The number of ether oxygens (including phenoxy) is 1. The third kappa shape index (κ3) is 5.06. The first-order valence-electron chi connectivity index (χ1n) is 8.25. The van der Waals surface area contributed by atoms with Crippen molar-refractivity contribution >= 4 is 21.4 Å². The van der Waals surface area contributed by atoms with Gasteiger partial charge in [0.1, 0.15) is 0 Å². The summed E-state index contributed by atoms with van der Waals surface area (Å²) in [5.74, 6) is 0. The van der Waals surface area contributed by atoms with Crippen LogP contribution in [0.1, 0.15) is 25.8 Å². The van der Waals surface area contributed by atoms with Crippen molar-refractivity contribution in [3.63, 3.8) is 0 Å². The molecule has 1 N–H and O–H groups in total. The highest BCUT2D eigenvalue weighted by molar-refractivity contribution is 7.17. The first-order valence-corrected chi connectivity index (χ1v) is 9.13. The van der Waals surface area contributed by atoms with E-state index in [0.717, 1.165) is 45.7 Å². The van der Waals surface area contributed by atoms with Gasteiger partial charge >= 0.3 is 0 Å². The van der Waals surface area contributed by atoms with Gasteiger partial charge in [-0.15, -0.1) is 11.3 Å². The maximum Gasteiger partial charge on any atom is 0.0793 e. The van der Waals surface area contributed by atoms with Crippen molar-refractivity contribution < 1.29 is 9.84 Å². The van der Waals surface area contributed by atoms with Crippen molar-refractivity contribution in [2.45, 2.75) is 32.8 Å². The third-order valence-electron chi connectivity index (χ3n) is 3.75. The summed E-state index contributed by atoms with van der Waals surface area (Å²) in [4.78, 5) is 2.26. The van der Waals surface area contributed by atoms with Gasteiger partial charge in [-0.05, 0) is 41.3 Å². The van der Waals surface area contributed by atoms with Gasteiger partial charge in [0.25, 0.3) is 0 Å². The molecule has 0 aliphatic carbocycles. The molecule has 22 heavy (non-hydrogen) atoms. The SMILES string of the molecule is CC.OC1CN(CCCOCCc2ccc3sccc3c2)C1. The summed E-state index contributed by atoms with van der Waals surface area (Å²) in [5.41, 5.74) is 1.35. The van der Waals surface area contributed by atoms with Gasteiger partial charge in [0.15, 0.2) is 0 Å². The van der Waals surface area contributed by atoms with Crippen LogP contribution < -0.4 is 0 Å². The van der Waals surface area contributed by atoms with Crippen LogP contribution in [-0.2, 0) is 11.2 Å². The number of aliphatic hydroxyl groups is 1. The maximum absolute atomic E-state index is 9.17. The van der Waals surface area contributed by atoms with Gasteiger partial charge in [-0.2, -0.15) is 0 Å². The van der Waals surface area contributed by atoms with E-state index in [1.165, 1.54) is 15.6 Å². The number of aliphatic hydroxyl groups excluding tert-OH is 1. The molecule has 3 rings (SSSR count). The third-order valence-corrected chi connectivity index (χ3v) is 4.65. The zero-order chi connectivity index (χ0) is 15.8. The first kappa shape index (κ1) is 17.4. The molecule has 0 bridgehead atoms. The van der Waals surface area contributed by atoms with Gasteiger partial charge in [0, 0.05) is 30.9 Å². The Morgan fingerprint density at radius 3 is 2.82 bits per heavy atom. The Labute approximate surface area is 137 Å². The molecule has 0 radical (unpaired) electrons. The van der Waals surface area contributed by atoms with E-state index in [0.29, 0.717) is 0 Å². The normalized spacial score (nSPS) is 15.4. The van der Waals surface area contributed by atoms with Gasteiger partial charge in [-0.25, -0.2) is 0 Å². The summed E-state index contributed by atoms with van der Waals surface area (Å²) >= 11 is 1.79. The minimum atomic E-state index is -0.0945. The van der Waals surface area contributed by atoms with Gasteiger partial charge in [0.05, 0.1) is 12.7 Å². The summed E-state index contributed by atoms with van der Waals surface area (Å²) in [5, 5.41) is 12.6. The van der Waals surface area contributed by atoms with Crippen LogP contribution in [0.15, 0.2) is 29.6 Å². The average Bonchev–Trinajstić information content (AvgIpc) is 2.98. The highest BCUT2D eigenvalue weighted by atomic mass is 32.1. The summed E-state index contributed by atoms with van der Waals surface area (Å²) in [6.45, 7) is 8.31. The number of thiophene rings is 1. The fourth-order valence-corrected chi connectivity index (χ4v) is 3.35. The average molecular weight is 321 g/mol. The number of fused-ring (bicyclic) bond motifs is 1. The molecule has 0 unspecified atom stereocenters. The standard InChI is InChI=1S/C16H21NO2S.C2H6/c18-15-11-17(12-15)6-1-7-19-8-4-13-2-3-16-14(10-13)5-9-20-16;1-2/h2-3,5,9-10,15,18H,1,4,6-8,11-12H2;1-2H3. The van der Waals surface area contributed by atoms with Crippen molar-refractivity contribution in [2.75, 3.05) is 32.8 Å². The molecule has 0 amide bonds. The number of likely N-dealkylation sites (tertiary alicyclic amines) is 1. The second-order valence-electron chi connectivity index (χ2n) is 5.42. The maximum atomic E-state index is 9.17. The highest BCUT2D eigenvalue weighted by Crippen LogP contribution is 2.21. The zero-order valence-electron chi connectivity index (χ0n) is 13.6. The molecule has 2 heterocycles. The van der Waals surface area contributed by atoms with E-state index in [1.54, 1.807) is 11.3 Å². The Balaban J connectivity index is 0.000000847. The lowest BCUT2D eigenvalue weighted by Gasteiger charge is -2.35. The molecule has 1 aromatic heterocycles. The molecular weight excluding hydrogens is 294 g/mol. The fourth-order valence-electron chi connectivity index (χ4n) is 2.58. The Hall–Kier alpha value is -0.940. The van der Waals surface area contributed by atoms with Crippen molar-refractivity contribution in [3.05, 3.63) is 35.2 Å². The van der Waals surface area contributed by atoms with Crippen LogP contribution in [0, 0.1) is 0 Å². The van der Waals surface area contributed by atoms with E-state index in [2.05, 4.69) is 34.5 Å². The lowest BCUT2D eigenvalue weighted by atomic mass is 10.1. The van der Waals surface area contributed by atoms with Crippen LogP contribution in [0.2, 0.25) is 0 Å². The summed E-state index contributed by atoms with van der Waals surface area (Å²) in [6.07, 6.45) is 1.94. The lowest BCUT2D eigenvalue weighted by Crippen LogP contribution is -2.50. The number of nitrogens with zero attached hydrogens (tertiary/aromatic N) is 1. The predicted molar refractivity (Wildman–Crippen MR) is 94.8 cm³/mol. The van der Waals surface area contributed by atoms with E-state index >= 15 is 0 Å². The molecular formula is C18H27NO2S. The van der Waals surface area contributed by atoms with Gasteiger partial charge in [-0.3, -0.25) is 4.90 Å². The van der Waals surface area contributed by atoms with Crippen molar-refractivity contribution in [2.24, 2.45) is 0 Å². The molecule has 1 fully saturated rings. The molecule has 0 saturated carbocycles. The smallest absolute Gasteiger partial charge is 0.0793 e. The lowest BCUT2D eigenvalue weighted by molar-refractivity contribution is -0.00305. The molecule has 1 saturated heterocycles. The minimum absolute atomic E-state index is 0.0945. The number of β-amino-alcohol motifs (C(OH)–C–C–N with tert-alkyl or cyclic N) is 1. The first-order chi connectivity index (χ1) is 10.8. The van der Waals surface area contributed by atoms with Crippen LogP contribution in [0.3, 0.4) is 0 Å². The Kier molecular flexibility index (Phi) is 7.33. The molecule has 3 nitrogen and oxygen atoms in total. The van der Waals surface area contributed by atoms with Crippen LogP contribution >= 0.6 is 11.3 Å². The Morgan fingerprint density at radius 1 is 1.23 bits per heavy atom. The summed E-state index contributed by atoms with van der Waals surface area (Å²) in [6, 6.07) is 8.83. The fraction of sp³-hybridized carbons (Fsp3) is 0.556. The Bertz CT molecular complexity index is 549. The van der Waals surface area contributed by atoms with Gasteiger partial charge < -0.3 is 9.84 Å². The second kappa shape index (κ2) is 9.26. The van der Waals surface area contributed by atoms with Crippen LogP contribution in [0.5, 0.6) is 0 Å². The van der Waals surface area contributed by atoms with E-state index in [-0.39, 0.29) is 6.10 Å². The van der Waals surface area contributed by atoms with E-state index in [1.807, 2.05) is 13.8 Å². The quantitative estimate of drug-likeness (QED) is 0.792. The molecule has 1 aromatic carbocycles. The number of hydrogen-bond donors (Lipinski definition) is 1. The number of hydrogen-bond acceptors (Lipinski definition) is 4. The van der Waals surface area contributed by atoms with E-state index < -0.39 is 0 Å². The highest BCUT2D eigenvalue weighted by Gasteiger charge is 2.22. The molecule has 122 valence electrons. The molecule has 1 aliphatic rings. The van der Waals surface area contributed by atoms with Crippen molar-refractivity contribution in [3.8, 4) is 0 Å². The minimum Gasteiger partial charge on any atom is -0.390 e. The molecule has 0 atom stereocenters. The predicted octanol–water partition coefficient (Wildman–Crippen LogP) is 3.55.